The van der Waals surface area contributed by atoms with E-state index in [1.54, 1.807) is 0 Å². The number of carbonyl (C=O) groups is 1. The highest BCUT2D eigenvalue weighted by atomic mass is 19.1. The van der Waals surface area contributed by atoms with Gasteiger partial charge in [0.25, 0.3) is 0 Å². The average Bonchev–Trinajstić information content (AvgIpc) is 2.47. The van der Waals surface area contributed by atoms with Gasteiger partial charge < -0.3 is 16.0 Å². The molecule has 7 heteroatoms. The fraction of sp³-hybridized carbons (Fsp3) is 0.500. The zero-order chi connectivity index (χ0) is 17.2. The number of benzene rings is 1. The Morgan fingerprint density at radius 2 is 2.00 bits per heavy atom. The molecule has 0 saturated carbocycles. The zero-order valence-corrected chi connectivity index (χ0v) is 13.7. The van der Waals surface area contributed by atoms with E-state index in [1.165, 1.54) is 0 Å². The predicted molar refractivity (Wildman–Crippen MR) is 87.1 cm³/mol. The molecule has 128 valence electrons. The maximum absolute atomic E-state index is 13.6. The summed E-state index contributed by atoms with van der Waals surface area (Å²) < 4.78 is 26.7. The van der Waals surface area contributed by atoms with E-state index < -0.39 is 11.6 Å². The minimum Gasteiger partial charge on any atom is -0.357 e. The van der Waals surface area contributed by atoms with E-state index in [0.29, 0.717) is 25.5 Å². The van der Waals surface area contributed by atoms with E-state index in [9.17, 15) is 13.6 Å². The van der Waals surface area contributed by atoms with E-state index in [4.69, 9.17) is 0 Å². The van der Waals surface area contributed by atoms with Crippen molar-refractivity contribution in [3.8, 4) is 0 Å². The maximum atomic E-state index is 13.6. The maximum Gasteiger partial charge on any atom is 0.221 e. The van der Waals surface area contributed by atoms with E-state index in [1.807, 2.05) is 20.8 Å². The number of aliphatic imine (C=N–C) groups is 1. The van der Waals surface area contributed by atoms with Gasteiger partial charge in [0.2, 0.25) is 5.91 Å². The predicted octanol–water partition coefficient (Wildman–Crippen LogP) is 1.93. The van der Waals surface area contributed by atoms with Crippen molar-refractivity contribution < 1.29 is 13.6 Å². The molecule has 0 aliphatic heterocycles. The van der Waals surface area contributed by atoms with Crippen LogP contribution < -0.4 is 16.0 Å². The van der Waals surface area contributed by atoms with Gasteiger partial charge in [-0.15, -0.1) is 0 Å². The Morgan fingerprint density at radius 1 is 1.26 bits per heavy atom. The Morgan fingerprint density at radius 3 is 2.65 bits per heavy atom. The van der Waals surface area contributed by atoms with Crippen molar-refractivity contribution >= 4 is 11.9 Å². The molecule has 0 radical (unpaired) electrons. The summed E-state index contributed by atoms with van der Waals surface area (Å²) in [6, 6.07) is 3.37. The molecule has 1 amide bonds. The summed E-state index contributed by atoms with van der Waals surface area (Å²) in [6.07, 6.45) is 0.303. The molecule has 1 rings (SSSR count). The van der Waals surface area contributed by atoms with Gasteiger partial charge in [0.15, 0.2) is 5.96 Å². The Bertz CT molecular complexity index is 547. The summed E-state index contributed by atoms with van der Waals surface area (Å²) in [5, 5.41) is 8.77. The number of guanidine groups is 1. The van der Waals surface area contributed by atoms with Gasteiger partial charge in [0, 0.05) is 31.1 Å². The van der Waals surface area contributed by atoms with Crippen LogP contribution >= 0.6 is 0 Å². The first kappa shape index (κ1) is 18.9. The number of amides is 1. The fourth-order valence-corrected chi connectivity index (χ4v) is 1.86. The molecule has 0 bridgehead atoms. The molecule has 1 aromatic rings. The standard InChI is InChI=1S/C16H24F2N4O/c1-4-19-16(20-8-7-15(23)22-11(2)3)21-10-12-9-13(17)5-6-14(12)18/h5-6,9,11H,4,7-8,10H2,1-3H3,(H,22,23)(H2,19,20,21). The summed E-state index contributed by atoms with van der Waals surface area (Å²) in [6.45, 7) is 6.71. The molecular weight excluding hydrogens is 302 g/mol. The molecule has 0 aliphatic rings. The minimum absolute atomic E-state index is 0.0110. The lowest BCUT2D eigenvalue weighted by Gasteiger charge is -2.12. The van der Waals surface area contributed by atoms with Crippen LogP contribution in [0, 0.1) is 11.6 Å². The molecule has 0 unspecified atom stereocenters. The van der Waals surface area contributed by atoms with Gasteiger partial charge in [-0.3, -0.25) is 4.79 Å². The van der Waals surface area contributed by atoms with Crippen LogP contribution in [0.15, 0.2) is 23.2 Å². The molecular formula is C16H24F2N4O. The third-order valence-corrected chi connectivity index (χ3v) is 2.85. The molecule has 0 fully saturated rings. The monoisotopic (exact) mass is 326 g/mol. The molecule has 23 heavy (non-hydrogen) atoms. The number of carbonyl (C=O) groups excluding carboxylic acids is 1. The highest BCUT2D eigenvalue weighted by Crippen LogP contribution is 2.10. The van der Waals surface area contributed by atoms with Crippen LogP contribution in [-0.4, -0.2) is 31.0 Å². The van der Waals surface area contributed by atoms with Crippen molar-refractivity contribution in [3.05, 3.63) is 35.4 Å². The van der Waals surface area contributed by atoms with E-state index in [-0.39, 0.29) is 24.1 Å². The largest absolute Gasteiger partial charge is 0.357 e. The molecule has 3 N–H and O–H groups in total. The molecule has 0 aromatic heterocycles. The van der Waals surface area contributed by atoms with E-state index >= 15 is 0 Å². The second kappa shape index (κ2) is 9.76. The third-order valence-electron chi connectivity index (χ3n) is 2.85. The molecule has 5 nitrogen and oxygen atoms in total. The van der Waals surface area contributed by atoms with Gasteiger partial charge in [0.1, 0.15) is 11.6 Å². The van der Waals surface area contributed by atoms with Crippen LogP contribution in [0.3, 0.4) is 0 Å². The first-order valence-electron chi connectivity index (χ1n) is 7.67. The second-order valence-electron chi connectivity index (χ2n) is 5.33. The van der Waals surface area contributed by atoms with Gasteiger partial charge in [-0.05, 0) is 39.0 Å². The van der Waals surface area contributed by atoms with Crippen molar-refractivity contribution in [2.24, 2.45) is 4.99 Å². The van der Waals surface area contributed by atoms with Crippen molar-refractivity contribution in [3.63, 3.8) is 0 Å². The Balaban J connectivity index is 2.56. The minimum atomic E-state index is -0.500. The molecule has 0 saturated heterocycles. The number of rotatable bonds is 7. The Hall–Kier alpha value is -2.18. The number of hydrogen-bond donors (Lipinski definition) is 3. The van der Waals surface area contributed by atoms with Gasteiger partial charge in [-0.25, -0.2) is 13.8 Å². The fourth-order valence-electron chi connectivity index (χ4n) is 1.86. The lowest BCUT2D eigenvalue weighted by molar-refractivity contribution is -0.121. The second-order valence-corrected chi connectivity index (χ2v) is 5.33. The lowest BCUT2D eigenvalue weighted by Crippen LogP contribution is -2.40. The summed E-state index contributed by atoms with van der Waals surface area (Å²) in [5.74, 6) is -0.602. The first-order chi connectivity index (χ1) is 10.9. The summed E-state index contributed by atoms with van der Waals surface area (Å²) in [4.78, 5) is 15.8. The summed E-state index contributed by atoms with van der Waals surface area (Å²) in [5.41, 5.74) is 0.180. The highest BCUT2D eigenvalue weighted by molar-refractivity contribution is 5.81. The SMILES string of the molecule is CCNC(=NCc1cc(F)ccc1F)NCCC(=O)NC(C)C. The van der Waals surface area contributed by atoms with Gasteiger partial charge in [0.05, 0.1) is 6.54 Å². The lowest BCUT2D eigenvalue weighted by atomic mass is 10.2. The number of nitrogens with zero attached hydrogens (tertiary/aromatic N) is 1. The van der Waals surface area contributed by atoms with Crippen molar-refractivity contribution in [1.29, 1.82) is 0 Å². The Kier molecular flexibility index (Phi) is 8.01. The third kappa shape index (κ3) is 7.58. The topological polar surface area (TPSA) is 65.5 Å². The van der Waals surface area contributed by atoms with Gasteiger partial charge in [-0.1, -0.05) is 0 Å². The van der Waals surface area contributed by atoms with Crippen LogP contribution in [0.25, 0.3) is 0 Å². The number of halogens is 2. The quantitative estimate of drug-likeness (QED) is 0.530. The molecule has 0 spiro atoms. The normalized spacial score (nSPS) is 11.5. The average molecular weight is 326 g/mol. The number of nitrogens with one attached hydrogen (secondary N) is 3. The Labute approximate surface area is 135 Å². The van der Waals surface area contributed by atoms with Crippen molar-refractivity contribution in [1.82, 2.24) is 16.0 Å². The van der Waals surface area contributed by atoms with Crippen LogP contribution in [0.1, 0.15) is 32.8 Å². The van der Waals surface area contributed by atoms with E-state index in [0.717, 1.165) is 18.2 Å². The van der Waals surface area contributed by atoms with Crippen LogP contribution in [-0.2, 0) is 11.3 Å². The summed E-state index contributed by atoms with van der Waals surface area (Å²) in [7, 11) is 0. The summed E-state index contributed by atoms with van der Waals surface area (Å²) >= 11 is 0. The molecule has 0 aliphatic carbocycles. The van der Waals surface area contributed by atoms with E-state index in [2.05, 4.69) is 20.9 Å². The van der Waals surface area contributed by atoms with Crippen molar-refractivity contribution in [2.75, 3.05) is 13.1 Å². The van der Waals surface area contributed by atoms with Crippen LogP contribution in [0.2, 0.25) is 0 Å². The highest BCUT2D eigenvalue weighted by Gasteiger charge is 2.06. The van der Waals surface area contributed by atoms with Gasteiger partial charge in [-0.2, -0.15) is 0 Å². The van der Waals surface area contributed by atoms with Crippen LogP contribution in [0.5, 0.6) is 0 Å². The molecule has 0 atom stereocenters. The molecule has 1 aromatic carbocycles. The first-order valence-corrected chi connectivity index (χ1v) is 7.67. The zero-order valence-electron chi connectivity index (χ0n) is 13.7. The smallest absolute Gasteiger partial charge is 0.221 e. The van der Waals surface area contributed by atoms with Gasteiger partial charge >= 0.3 is 0 Å². The number of hydrogen-bond acceptors (Lipinski definition) is 2. The van der Waals surface area contributed by atoms with Crippen molar-refractivity contribution in [2.45, 2.75) is 39.8 Å². The van der Waals surface area contributed by atoms with Crippen LogP contribution in [0.4, 0.5) is 8.78 Å². The molecule has 0 heterocycles.